The van der Waals surface area contributed by atoms with Crippen LogP contribution in [0.25, 0.3) is 43.1 Å². The minimum atomic E-state index is -4.87. The van der Waals surface area contributed by atoms with Crippen LogP contribution in [-0.4, -0.2) is 0 Å². The molecule has 12 heteroatoms. The van der Waals surface area contributed by atoms with E-state index in [2.05, 4.69) is 9.98 Å². The Labute approximate surface area is 207 Å². The molecule has 5 rings (SSSR count). The number of alkyl halides is 6. The van der Waals surface area contributed by atoms with E-state index in [1.807, 2.05) is 0 Å². The van der Waals surface area contributed by atoms with Crippen LogP contribution in [0.15, 0.2) is 46.4 Å². The lowest BCUT2D eigenvalue weighted by Gasteiger charge is -2.09. The molecule has 0 aromatic heterocycles. The zero-order valence-corrected chi connectivity index (χ0v) is 18.4. The number of rotatable bonds is 0. The van der Waals surface area contributed by atoms with Crippen molar-refractivity contribution >= 4 is 43.1 Å². The van der Waals surface area contributed by atoms with E-state index in [1.54, 1.807) is 0 Å². The highest BCUT2D eigenvalue weighted by Crippen LogP contribution is 2.39. The van der Waals surface area contributed by atoms with Gasteiger partial charge >= 0.3 is 12.4 Å². The van der Waals surface area contributed by atoms with Gasteiger partial charge in [-0.2, -0.15) is 57.4 Å². The van der Waals surface area contributed by atoms with Gasteiger partial charge in [0.1, 0.15) is 0 Å². The smallest absolute Gasteiger partial charge is 0.192 e. The van der Waals surface area contributed by atoms with Crippen LogP contribution in [-0.2, 0) is 12.4 Å². The Balaban J connectivity index is 2.07. The standard InChI is InChI=1S/C26H6F6N6/c27-25(28,29)21-5-19-13(1-11(21)7-33)15-3-16-14-2-12(8-34)22(26(30,31)32)6-20(14)24(38-10-36)18(16)4-17(15)23(19)37-9-35/h1-6H. The summed E-state index contributed by atoms with van der Waals surface area (Å²) in [6, 6.07) is 9.31. The normalized spacial score (nSPS) is 13.2. The summed E-state index contributed by atoms with van der Waals surface area (Å²) in [6.45, 7) is 0. The predicted octanol–water partition coefficient (Wildman–Crippen LogP) is 5.72. The van der Waals surface area contributed by atoms with E-state index < -0.39 is 34.6 Å². The Morgan fingerprint density at radius 2 is 0.789 bits per heavy atom. The van der Waals surface area contributed by atoms with E-state index in [9.17, 15) is 47.4 Å². The zero-order chi connectivity index (χ0) is 27.6. The molecule has 5 aromatic rings. The minimum absolute atomic E-state index is 0.0688. The van der Waals surface area contributed by atoms with Crippen molar-refractivity contribution in [3.05, 3.63) is 69.4 Å². The lowest BCUT2D eigenvalue weighted by molar-refractivity contribution is -0.138. The highest BCUT2D eigenvalue weighted by molar-refractivity contribution is 6.21. The number of nitriles is 4. The Bertz CT molecular complexity index is 2000. The summed E-state index contributed by atoms with van der Waals surface area (Å²) in [7, 11) is 0. The summed E-state index contributed by atoms with van der Waals surface area (Å²) in [4.78, 5) is 7.36. The average Bonchev–Trinajstić information content (AvgIpc) is 3.32. The minimum Gasteiger partial charge on any atom is -0.192 e. The predicted molar refractivity (Wildman–Crippen MR) is 121 cm³/mol. The molecule has 6 nitrogen and oxygen atoms in total. The quantitative estimate of drug-likeness (QED) is 0.193. The fourth-order valence-electron chi connectivity index (χ4n) is 4.76. The van der Waals surface area contributed by atoms with Crippen molar-refractivity contribution < 1.29 is 26.3 Å². The molecule has 0 atom stereocenters. The molecule has 0 spiro atoms. The molecule has 0 N–H and O–H groups in total. The summed E-state index contributed by atoms with van der Waals surface area (Å²) in [5.41, 5.74) is -3.79. The Kier molecular flexibility index (Phi) is 5.12. The molecule has 38 heavy (non-hydrogen) atoms. The second-order valence-corrected chi connectivity index (χ2v) is 8.17. The van der Waals surface area contributed by atoms with Crippen LogP contribution in [0.3, 0.4) is 0 Å². The topological polar surface area (TPSA) is 120 Å². The first kappa shape index (κ1) is 24.2. The lowest BCUT2D eigenvalue weighted by atomic mass is 10.0. The summed E-state index contributed by atoms with van der Waals surface area (Å²) >= 11 is 0. The number of hydrogen-bond acceptors (Lipinski definition) is 6. The van der Waals surface area contributed by atoms with Gasteiger partial charge in [0.2, 0.25) is 12.4 Å². The van der Waals surface area contributed by atoms with Crippen LogP contribution in [0.5, 0.6) is 0 Å². The third-order valence-corrected chi connectivity index (χ3v) is 6.25. The highest BCUT2D eigenvalue weighted by atomic mass is 19.4. The van der Waals surface area contributed by atoms with Gasteiger partial charge in [0, 0.05) is 21.5 Å². The molecule has 0 aliphatic rings. The van der Waals surface area contributed by atoms with Crippen molar-refractivity contribution in [1.82, 2.24) is 0 Å². The molecule has 0 aliphatic heterocycles. The maximum absolute atomic E-state index is 13.6. The number of fused-ring (bicyclic) bond motifs is 6. The van der Waals surface area contributed by atoms with Crippen LogP contribution in [0.4, 0.5) is 26.3 Å². The molecule has 182 valence electrons. The van der Waals surface area contributed by atoms with Gasteiger partial charge in [0.05, 0.1) is 45.1 Å². The monoisotopic (exact) mass is 516 g/mol. The molecule has 0 amide bonds. The number of benzene rings is 3. The van der Waals surface area contributed by atoms with E-state index in [0.717, 1.165) is 24.3 Å². The Morgan fingerprint density at radius 1 is 0.474 bits per heavy atom. The first-order chi connectivity index (χ1) is 17.9. The molecule has 0 aliphatic carbocycles. The van der Waals surface area contributed by atoms with Crippen molar-refractivity contribution in [1.29, 1.82) is 21.0 Å². The summed E-state index contributed by atoms with van der Waals surface area (Å²) in [5, 5.41) is 37.9. The third kappa shape index (κ3) is 3.40. The van der Waals surface area contributed by atoms with Crippen molar-refractivity contribution in [3.8, 4) is 24.5 Å². The van der Waals surface area contributed by atoms with Gasteiger partial charge in [-0.15, -0.1) is 0 Å². The van der Waals surface area contributed by atoms with E-state index in [1.165, 1.54) is 36.7 Å². The number of nitrogens with zero attached hydrogens (tertiary/aromatic N) is 6. The Hall–Kier alpha value is -5.46. The molecular formula is C26H6F6N6. The second-order valence-electron chi connectivity index (χ2n) is 8.17. The molecule has 0 saturated heterocycles. The number of halogens is 6. The lowest BCUT2D eigenvalue weighted by Crippen LogP contribution is -2.09. The summed E-state index contributed by atoms with van der Waals surface area (Å²) in [5.74, 6) is 0. The molecule has 0 bridgehead atoms. The highest BCUT2D eigenvalue weighted by Gasteiger charge is 2.36. The van der Waals surface area contributed by atoms with Crippen LogP contribution in [0, 0.1) is 45.6 Å². The van der Waals surface area contributed by atoms with Gasteiger partial charge in [0.25, 0.3) is 0 Å². The van der Waals surface area contributed by atoms with Gasteiger partial charge in [-0.05, 0) is 57.9 Å². The van der Waals surface area contributed by atoms with Gasteiger partial charge in [0.15, 0.2) is 0 Å². The van der Waals surface area contributed by atoms with E-state index in [-0.39, 0.29) is 53.8 Å². The molecule has 0 fully saturated rings. The fourth-order valence-corrected chi connectivity index (χ4v) is 4.76. The summed E-state index contributed by atoms with van der Waals surface area (Å²) in [6.07, 6.45) is -6.67. The van der Waals surface area contributed by atoms with Crippen molar-refractivity contribution in [2.45, 2.75) is 12.4 Å². The zero-order valence-electron chi connectivity index (χ0n) is 18.4. The van der Waals surface area contributed by atoms with Gasteiger partial charge < -0.3 is 0 Å². The maximum atomic E-state index is 13.6. The van der Waals surface area contributed by atoms with Crippen LogP contribution in [0.1, 0.15) is 22.3 Å². The van der Waals surface area contributed by atoms with Crippen LogP contribution in [0.2, 0.25) is 0 Å². The SMILES string of the molecule is N#CN=c1c2cc(C(F)(F)F)c(C#N)cc2c2cc3c(cc12)c(=NC#N)c1cc(C(F)(F)F)c(C#N)cc13. The second kappa shape index (κ2) is 8.03. The van der Waals surface area contributed by atoms with Crippen LogP contribution >= 0.6 is 0 Å². The van der Waals surface area contributed by atoms with E-state index >= 15 is 0 Å². The van der Waals surface area contributed by atoms with Crippen molar-refractivity contribution in [3.63, 3.8) is 0 Å². The molecular weight excluding hydrogens is 510 g/mol. The summed E-state index contributed by atoms with van der Waals surface area (Å²) < 4.78 is 81.7. The van der Waals surface area contributed by atoms with Crippen LogP contribution < -0.4 is 10.7 Å². The molecule has 0 heterocycles. The molecule has 5 aromatic carbocycles. The van der Waals surface area contributed by atoms with Gasteiger partial charge in [-0.3, -0.25) is 0 Å². The van der Waals surface area contributed by atoms with Gasteiger partial charge in [-0.25, -0.2) is 0 Å². The fraction of sp³-hybridized carbons (Fsp3) is 0.0769. The van der Waals surface area contributed by atoms with E-state index in [0.29, 0.717) is 0 Å². The van der Waals surface area contributed by atoms with E-state index in [4.69, 9.17) is 0 Å². The van der Waals surface area contributed by atoms with Gasteiger partial charge in [-0.1, -0.05) is 0 Å². The largest absolute Gasteiger partial charge is 0.417 e. The first-order valence-electron chi connectivity index (χ1n) is 10.4. The molecule has 0 radical (unpaired) electrons. The average molecular weight is 516 g/mol. The third-order valence-electron chi connectivity index (χ3n) is 6.25. The Morgan fingerprint density at radius 3 is 1.11 bits per heavy atom. The number of hydrogen-bond donors (Lipinski definition) is 0. The molecule has 0 saturated carbocycles. The first-order valence-corrected chi connectivity index (χ1v) is 10.4. The maximum Gasteiger partial charge on any atom is 0.417 e. The van der Waals surface area contributed by atoms with Crippen molar-refractivity contribution in [2.24, 2.45) is 9.98 Å². The van der Waals surface area contributed by atoms with Crippen molar-refractivity contribution in [2.75, 3.05) is 0 Å². The molecule has 0 unspecified atom stereocenters.